The van der Waals surface area contributed by atoms with Crippen molar-refractivity contribution in [3.63, 3.8) is 0 Å². The second-order valence-corrected chi connectivity index (χ2v) is 18.3. The van der Waals surface area contributed by atoms with E-state index in [1.165, 1.54) is 16.7 Å². The van der Waals surface area contributed by atoms with E-state index in [-0.39, 0.29) is 80.5 Å². The van der Waals surface area contributed by atoms with Crippen LogP contribution in [0.1, 0.15) is 97.7 Å². The Morgan fingerprint density at radius 3 is 2.22 bits per heavy atom. The lowest BCUT2D eigenvalue weighted by atomic mass is 9.83. The van der Waals surface area contributed by atoms with Crippen LogP contribution in [0.2, 0.25) is 0 Å². The molecule has 0 aromatic heterocycles. The highest BCUT2D eigenvalue weighted by Gasteiger charge is 2.42. The van der Waals surface area contributed by atoms with Crippen LogP contribution in [0.4, 0.5) is 5.69 Å². The molecule has 0 unspecified atom stereocenters. The molecule has 2 aliphatic rings. The summed E-state index contributed by atoms with van der Waals surface area (Å²) in [6.45, 7) is 9.63. The topological polar surface area (TPSA) is 223 Å². The Morgan fingerprint density at radius 2 is 1.57 bits per heavy atom. The number of ketones is 2. The van der Waals surface area contributed by atoms with Crippen LogP contribution >= 0.6 is 11.8 Å². The number of ether oxygens (including phenoxy) is 1. The van der Waals surface area contributed by atoms with Gasteiger partial charge in [0.1, 0.15) is 23.4 Å². The third-order valence-electron chi connectivity index (χ3n) is 10.7. The van der Waals surface area contributed by atoms with E-state index in [1.807, 2.05) is 53.0 Å². The Morgan fingerprint density at radius 1 is 0.905 bits per heavy atom. The number of carbonyl (C=O) groups excluding carboxylic acids is 7. The van der Waals surface area contributed by atoms with Gasteiger partial charge in [-0.25, -0.2) is 0 Å². The summed E-state index contributed by atoms with van der Waals surface area (Å²) in [6, 6.07) is 15.0. The zero-order chi connectivity index (χ0) is 46.0. The molecule has 1 fully saturated rings. The van der Waals surface area contributed by atoms with Gasteiger partial charge >= 0.3 is 0 Å². The zero-order valence-electron chi connectivity index (χ0n) is 37.0. The molecule has 0 bridgehead atoms. The maximum atomic E-state index is 14.6. The van der Waals surface area contributed by atoms with Crippen molar-refractivity contribution in [3.05, 3.63) is 94.5 Å². The SMILES string of the molecule is CSC[C@H](N)C(=O)NCC(=O)N[C@@H](CC(C)C)C(=O)N1CCC[C@H]1C(=O)N(CCCNc1cccc2c1C(=O)c1ccccc1C2=O)C(=O)[C@@H](N)Cc1ccc(OC(C)(C)C)cc1. The summed E-state index contributed by atoms with van der Waals surface area (Å²) in [5.74, 6) is -2.26. The number of rotatable bonds is 19. The summed E-state index contributed by atoms with van der Waals surface area (Å²) in [5.41, 5.74) is 14.5. The molecular formula is C47H61N7O8S. The van der Waals surface area contributed by atoms with Crippen LogP contribution in [0, 0.1) is 5.92 Å². The van der Waals surface area contributed by atoms with Gasteiger partial charge in [-0.15, -0.1) is 0 Å². The highest BCUT2D eigenvalue weighted by atomic mass is 32.2. The predicted octanol–water partition coefficient (Wildman–Crippen LogP) is 3.69. The Kier molecular flexibility index (Phi) is 16.7. The highest BCUT2D eigenvalue weighted by Crippen LogP contribution is 2.32. The normalized spacial score (nSPS) is 16.1. The monoisotopic (exact) mass is 883 g/mol. The number of fused-ring (bicyclic) bond motifs is 2. The van der Waals surface area contributed by atoms with Crippen molar-refractivity contribution in [2.45, 2.75) is 96.5 Å². The second-order valence-electron chi connectivity index (χ2n) is 17.4. The first kappa shape index (κ1) is 48.5. The average molecular weight is 884 g/mol. The van der Waals surface area contributed by atoms with E-state index in [0.29, 0.717) is 34.7 Å². The van der Waals surface area contributed by atoms with E-state index in [9.17, 15) is 33.6 Å². The summed E-state index contributed by atoms with van der Waals surface area (Å²) < 4.78 is 5.94. The number of amides is 5. The number of likely N-dealkylation sites (tertiary alicyclic amines) is 1. The summed E-state index contributed by atoms with van der Waals surface area (Å²) >= 11 is 1.40. The summed E-state index contributed by atoms with van der Waals surface area (Å²) in [7, 11) is 0. The maximum absolute atomic E-state index is 14.6. The van der Waals surface area contributed by atoms with Gasteiger partial charge in [0.15, 0.2) is 11.6 Å². The van der Waals surface area contributed by atoms with Crippen molar-refractivity contribution in [1.29, 1.82) is 0 Å². The van der Waals surface area contributed by atoms with Gasteiger partial charge in [0.25, 0.3) is 5.91 Å². The number of benzene rings is 3. The molecule has 0 radical (unpaired) electrons. The van der Waals surface area contributed by atoms with Crippen LogP contribution in [0.3, 0.4) is 0 Å². The van der Waals surface area contributed by atoms with E-state index in [1.54, 1.807) is 54.6 Å². The molecule has 1 heterocycles. The zero-order valence-corrected chi connectivity index (χ0v) is 37.8. The van der Waals surface area contributed by atoms with Crippen LogP contribution in [-0.2, 0) is 30.4 Å². The molecule has 1 aliphatic heterocycles. The van der Waals surface area contributed by atoms with Crippen molar-refractivity contribution in [3.8, 4) is 5.75 Å². The van der Waals surface area contributed by atoms with Crippen molar-refractivity contribution >= 4 is 58.6 Å². The largest absolute Gasteiger partial charge is 0.488 e. The number of hydrogen-bond acceptors (Lipinski definition) is 12. The fourth-order valence-corrected chi connectivity index (χ4v) is 8.34. The minimum atomic E-state index is -1.11. The number of thioether (sulfide) groups is 1. The van der Waals surface area contributed by atoms with E-state index in [2.05, 4.69) is 16.0 Å². The number of anilines is 1. The molecule has 15 nitrogen and oxygen atoms in total. The van der Waals surface area contributed by atoms with Gasteiger partial charge in [0.2, 0.25) is 23.6 Å². The molecule has 3 aromatic rings. The van der Waals surface area contributed by atoms with Gasteiger partial charge in [0.05, 0.1) is 24.2 Å². The summed E-state index contributed by atoms with van der Waals surface area (Å²) in [6.07, 6.45) is 3.22. The Labute approximate surface area is 373 Å². The minimum Gasteiger partial charge on any atom is -0.488 e. The molecule has 0 spiro atoms. The average Bonchev–Trinajstić information content (AvgIpc) is 3.74. The molecule has 16 heteroatoms. The molecule has 3 aromatic carbocycles. The predicted molar refractivity (Wildman–Crippen MR) is 244 cm³/mol. The van der Waals surface area contributed by atoms with Gasteiger partial charge in [-0.2, -0.15) is 11.8 Å². The molecule has 1 saturated heterocycles. The fourth-order valence-electron chi connectivity index (χ4n) is 7.83. The van der Waals surface area contributed by atoms with E-state index < -0.39 is 59.3 Å². The fraction of sp³-hybridized carbons (Fsp3) is 0.468. The molecule has 63 heavy (non-hydrogen) atoms. The second kappa shape index (κ2) is 21.7. The molecular weight excluding hydrogens is 823 g/mol. The Bertz CT molecular complexity index is 2170. The lowest BCUT2D eigenvalue weighted by Gasteiger charge is -2.33. The summed E-state index contributed by atoms with van der Waals surface area (Å²) in [5, 5.41) is 8.52. The van der Waals surface area contributed by atoms with Gasteiger partial charge in [-0.3, -0.25) is 38.5 Å². The van der Waals surface area contributed by atoms with Gasteiger partial charge < -0.3 is 37.1 Å². The van der Waals surface area contributed by atoms with Crippen molar-refractivity contribution in [1.82, 2.24) is 20.4 Å². The first-order valence-electron chi connectivity index (χ1n) is 21.5. The van der Waals surface area contributed by atoms with Gasteiger partial charge in [-0.1, -0.05) is 62.4 Å². The third-order valence-corrected chi connectivity index (χ3v) is 11.4. The van der Waals surface area contributed by atoms with Crippen LogP contribution in [0.25, 0.3) is 0 Å². The van der Waals surface area contributed by atoms with E-state index in [0.717, 1.165) is 10.5 Å². The minimum absolute atomic E-state index is 0.0170. The molecule has 5 rings (SSSR count). The molecule has 338 valence electrons. The number of nitrogens with zero attached hydrogens (tertiary/aromatic N) is 2. The van der Waals surface area contributed by atoms with Crippen LogP contribution in [0.15, 0.2) is 66.7 Å². The van der Waals surface area contributed by atoms with E-state index >= 15 is 0 Å². The molecule has 0 saturated carbocycles. The number of nitrogens with one attached hydrogen (secondary N) is 3. The first-order valence-corrected chi connectivity index (χ1v) is 22.9. The first-order chi connectivity index (χ1) is 29.9. The van der Waals surface area contributed by atoms with Crippen LogP contribution in [-0.4, -0.2) is 119 Å². The number of carbonyl (C=O) groups is 7. The third kappa shape index (κ3) is 12.5. The maximum Gasteiger partial charge on any atom is 0.252 e. The summed E-state index contributed by atoms with van der Waals surface area (Å²) in [4.78, 5) is 98.1. The van der Waals surface area contributed by atoms with Gasteiger partial charge in [0, 0.05) is 47.8 Å². The Balaban J connectivity index is 1.33. The molecule has 5 amide bonds. The quantitative estimate of drug-likeness (QED) is 0.0851. The van der Waals surface area contributed by atoms with E-state index in [4.69, 9.17) is 16.2 Å². The van der Waals surface area contributed by atoms with Crippen molar-refractivity contribution in [2.24, 2.45) is 17.4 Å². The smallest absolute Gasteiger partial charge is 0.252 e. The van der Waals surface area contributed by atoms with Crippen LogP contribution < -0.4 is 32.2 Å². The number of nitrogens with two attached hydrogens (primary N) is 2. The Hall–Kier alpha value is -5.58. The number of imide groups is 1. The highest BCUT2D eigenvalue weighted by molar-refractivity contribution is 7.98. The van der Waals surface area contributed by atoms with Gasteiger partial charge in [-0.05, 0) is 88.8 Å². The molecule has 7 N–H and O–H groups in total. The standard InChI is InChI=1S/C47H61N7O8S/c1-28(2)24-37(52-39(55)26-51-43(58)35(49)27-63-6)45(60)53-22-10-16-38(53)46(61)54(44(59)34(48)25-29-17-19-30(20-18-29)62-47(3,4)5)23-11-21-50-36-15-9-14-33-40(36)42(57)32-13-8-7-12-31(32)41(33)56/h7-9,12-15,17-20,28,34-35,37-38,50H,10-11,16,21-27,48-49H2,1-6H3,(H,51,58)(H,52,55)/t34-,35-,37-,38-/m0/s1. The molecule has 4 atom stereocenters. The van der Waals surface area contributed by atoms with Crippen LogP contribution in [0.5, 0.6) is 5.75 Å². The van der Waals surface area contributed by atoms with Crippen molar-refractivity contribution < 1.29 is 38.3 Å². The van der Waals surface area contributed by atoms with Crippen molar-refractivity contribution in [2.75, 3.05) is 43.5 Å². The molecule has 1 aliphatic carbocycles. The lowest BCUT2D eigenvalue weighted by molar-refractivity contribution is -0.152. The lowest BCUT2D eigenvalue weighted by Crippen LogP contribution is -2.58. The number of hydrogen-bond donors (Lipinski definition) is 5.